The zero-order valence-electron chi connectivity index (χ0n) is 9.38. The highest BCUT2D eigenvalue weighted by Crippen LogP contribution is 2.24. The van der Waals surface area contributed by atoms with Gasteiger partial charge in [-0.15, -0.1) is 0 Å². The molecule has 0 heterocycles. The van der Waals surface area contributed by atoms with Crippen LogP contribution in [0.2, 0.25) is 0 Å². The predicted molar refractivity (Wildman–Crippen MR) is 65.9 cm³/mol. The van der Waals surface area contributed by atoms with Crippen LogP contribution in [0.25, 0.3) is 0 Å². The molecule has 1 N–H and O–H groups in total. The lowest BCUT2D eigenvalue weighted by Gasteiger charge is -2.14. The molecule has 0 aliphatic rings. The first-order valence-electron chi connectivity index (χ1n) is 4.99. The van der Waals surface area contributed by atoms with Crippen LogP contribution in [0.15, 0.2) is 12.1 Å². The Balaban J connectivity index is 2.77. The molecule has 0 fully saturated rings. The maximum atomic E-state index is 9.38. The van der Waals surface area contributed by atoms with Crippen LogP contribution in [0, 0.1) is 20.8 Å². The van der Waals surface area contributed by atoms with Crippen molar-refractivity contribution in [2.75, 3.05) is 11.9 Å². The van der Waals surface area contributed by atoms with Gasteiger partial charge in [0.25, 0.3) is 0 Å². The normalized spacial score (nSPS) is 12.6. The monoisotopic (exact) mass is 272 g/mol. The summed E-state index contributed by atoms with van der Waals surface area (Å²) in [4.78, 5) is 0. The first kappa shape index (κ1) is 12.5. The molecule has 0 bridgehead atoms. The minimum atomic E-state index is -0.454. The van der Waals surface area contributed by atoms with E-state index in [9.17, 15) is 5.11 Å². The summed E-state index contributed by atoms with van der Waals surface area (Å²) in [5, 5.41) is 9.92. The molecule has 3 heteroatoms. The van der Waals surface area contributed by atoms with Crippen molar-refractivity contribution in [1.82, 2.24) is 0 Å². The van der Waals surface area contributed by atoms with E-state index in [1.807, 2.05) is 13.8 Å². The van der Waals surface area contributed by atoms with E-state index in [1.165, 1.54) is 5.56 Å². The molecule has 1 aromatic carbocycles. The van der Waals surface area contributed by atoms with Crippen LogP contribution in [-0.2, 0) is 0 Å². The van der Waals surface area contributed by atoms with Gasteiger partial charge in [-0.3, -0.25) is 0 Å². The third-order valence-corrected chi connectivity index (χ3v) is 2.95. The molecule has 0 aliphatic carbocycles. The van der Waals surface area contributed by atoms with Crippen LogP contribution < -0.4 is 4.74 Å². The number of hydrogen-bond donors (Lipinski definition) is 1. The second-order valence-corrected chi connectivity index (χ2v) is 4.49. The summed E-state index contributed by atoms with van der Waals surface area (Å²) in [6.07, 6.45) is -0.454. The van der Waals surface area contributed by atoms with Crippen molar-refractivity contribution in [1.29, 1.82) is 0 Å². The summed E-state index contributed by atoms with van der Waals surface area (Å²) in [5.41, 5.74) is 3.47. The van der Waals surface area contributed by atoms with Gasteiger partial charge in [0.1, 0.15) is 12.4 Å². The molecular weight excluding hydrogens is 256 g/mol. The molecule has 0 saturated carbocycles. The van der Waals surface area contributed by atoms with Gasteiger partial charge in [-0.05, 0) is 31.9 Å². The number of aliphatic hydroxyl groups excluding tert-OH is 1. The van der Waals surface area contributed by atoms with Crippen LogP contribution in [0.1, 0.15) is 16.7 Å². The quantitative estimate of drug-likeness (QED) is 0.855. The number of halogens is 1. The summed E-state index contributed by atoms with van der Waals surface area (Å²) in [5.74, 6) is 0.889. The molecule has 84 valence electrons. The number of benzene rings is 1. The largest absolute Gasteiger partial charge is 0.490 e. The number of aryl methyl sites for hydroxylation is 3. The third kappa shape index (κ3) is 3.50. The summed E-state index contributed by atoms with van der Waals surface area (Å²) in [7, 11) is 0. The summed E-state index contributed by atoms with van der Waals surface area (Å²) in [6.45, 7) is 6.44. The van der Waals surface area contributed by atoms with Crippen molar-refractivity contribution in [2.24, 2.45) is 0 Å². The molecule has 1 atom stereocenters. The van der Waals surface area contributed by atoms with Crippen molar-refractivity contribution >= 4 is 15.9 Å². The SMILES string of the molecule is Cc1cc(C)c(OCC(O)CBr)c(C)c1. The number of rotatable bonds is 4. The number of alkyl halides is 1. The fourth-order valence-corrected chi connectivity index (χ4v) is 1.81. The van der Waals surface area contributed by atoms with E-state index < -0.39 is 6.10 Å². The number of aliphatic hydroxyl groups is 1. The molecule has 1 rings (SSSR count). The van der Waals surface area contributed by atoms with E-state index in [4.69, 9.17) is 4.74 Å². The highest BCUT2D eigenvalue weighted by molar-refractivity contribution is 9.09. The van der Waals surface area contributed by atoms with Gasteiger partial charge in [-0.25, -0.2) is 0 Å². The van der Waals surface area contributed by atoms with E-state index in [1.54, 1.807) is 0 Å². The lowest BCUT2D eigenvalue weighted by molar-refractivity contribution is 0.126. The maximum absolute atomic E-state index is 9.38. The second-order valence-electron chi connectivity index (χ2n) is 3.85. The average Bonchev–Trinajstić information content (AvgIpc) is 2.15. The van der Waals surface area contributed by atoms with E-state index in [2.05, 4.69) is 35.0 Å². The van der Waals surface area contributed by atoms with Crippen LogP contribution in [0.5, 0.6) is 5.75 Å². The van der Waals surface area contributed by atoms with Gasteiger partial charge < -0.3 is 9.84 Å². The lowest BCUT2D eigenvalue weighted by Crippen LogP contribution is -2.19. The standard InChI is InChI=1S/C12H17BrO2/c1-8-4-9(2)12(10(3)5-8)15-7-11(14)6-13/h4-5,11,14H,6-7H2,1-3H3. The zero-order valence-corrected chi connectivity index (χ0v) is 11.0. The van der Waals surface area contributed by atoms with Crippen molar-refractivity contribution in [3.8, 4) is 5.75 Å². The Bertz CT molecular complexity index is 313. The van der Waals surface area contributed by atoms with Crippen molar-refractivity contribution in [3.05, 3.63) is 28.8 Å². The van der Waals surface area contributed by atoms with Gasteiger partial charge in [0.15, 0.2) is 0 Å². The van der Waals surface area contributed by atoms with Gasteiger partial charge in [-0.2, -0.15) is 0 Å². The summed E-state index contributed by atoms with van der Waals surface area (Å²) < 4.78 is 5.60. The first-order valence-corrected chi connectivity index (χ1v) is 6.11. The van der Waals surface area contributed by atoms with Gasteiger partial charge in [0.05, 0.1) is 6.10 Å². The van der Waals surface area contributed by atoms with Crippen LogP contribution in [-0.4, -0.2) is 23.1 Å². The molecule has 0 radical (unpaired) electrons. The Morgan fingerprint density at radius 1 is 1.27 bits per heavy atom. The molecule has 0 amide bonds. The highest BCUT2D eigenvalue weighted by atomic mass is 79.9. The summed E-state index contributed by atoms with van der Waals surface area (Å²) in [6, 6.07) is 4.17. The minimum absolute atomic E-state index is 0.329. The summed E-state index contributed by atoms with van der Waals surface area (Å²) >= 11 is 3.21. The third-order valence-electron chi connectivity index (χ3n) is 2.20. The Morgan fingerprint density at radius 2 is 1.80 bits per heavy atom. The number of ether oxygens (including phenoxy) is 1. The van der Waals surface area contributed by atoms with E-state index >= 15 is 0 Å². The Kier molecular flexibility index (Phi) is 4.61. The van der Waals surface area contributed by atoms with E-state index in [0.717, 1.165) is 16.9 Å². The van der Waals surface area contributed by atoms with Crippen molar-refractivity contribution in [3.63, 3.8) is 0 Å². The molecule has 1 aromatic rings. The van der Waals surface area contributed by atoms with Crippen molar-refractivity contribution < 1.29 is 9.84 Å². The predicted octanol–water partition coefficient (Wildman–Crippen LogP) is 2.75. The molecule has 2 nitrogen and oxygen atoms in total. The van der Waals surface area contributed by atoms with Crippen LogP contribution in [0.4, 0.5) is 0 Å². The smallest absolute Gasteiger partial charge is 0.125 e. The Hall–Kier alpha value is -0.540. The molecule has 0 aromatic heterocycles. The molecule has 0 aliphatic heterocycles. The van der Waals surface area contributed by atoms with Gasteiger partial charge in [-0.1, -0.05) is 33.6 Å². The fraction of sp³-hybridized carbons (Fsp3) is 0.500. The van der Waals surface area contributed by atoms with E-state index in [-0.39, 0.29) is 0 Å². The van der Waals surface area contributed by atoms with Gasteiger partial charge in [0.2, 0.25) is 0 Å². The van der Waals surface area contributed by atoms with Crippen LogP contribution in [0.3, 0.4) is 0 Å². The molecule has 0 saturated heterocycles. The number of hydrogen-bond acceptors (Lipinski definition) is 2. The maximum Gasteiger partial charge on any atom is 0.125 e. The molecule has 0 spiro atoms. The Labute approximate surface area is 99.4 Å². The Morgan fingerprint density at radius 3 is 2.27 bits per heavy atom. The molecular formula is C12H17BrO2. The van der Waals surface area contributed by atoms with Crippen LogP contribution >= 0.6 is 15.9 Å². The topological polar surface area (TPSA) is 29.5 Å². The van der Waals surface area contributed by atoms with Gasteiger partial charge in [0, 0.05) is 5.33 Å². The first-order chi connectivity index (χ1) is 7.04. The van der Waals surface area contributed by atoms with E-state index in [0.29, 0.717) is 11.9 Å². The average molecular weight is 273 g/mol. The highest BCUT2D eigenvalue weighted by Gasteiger charge is 2.07. The van der Waals surface area contributed by atoms with Gasteiger partial charge >= 0.3 is 0 Å². The molecule has 15 heavy (non-hydrogen) atoms. The minimum Gasteiger partial charge on any atom is -0.490 e. The zero-order chi connectivity index (χ0) is 11.4. The fourth-order valence-electron chi connectivity index (χ4n) is 1.62. The second kappa shape index (κ2) is 5.52. The van der Waals surface area contributed by atoms with Crippen molar-refractivity contribution in [2.45, 2.75) is 26.9 Å². The molecule has 1 unspecified atom stereocenters. The lowest BCUT2D eigenvalue weighted by atomic mass is 10.1.